The molecule has 8 nitrogen and oxygen atoms in total. The molecule has 2 amide bonds. The minimum Gasteiger partial charge on any atom is -0.268 e. The van der Waals surface area contributed by atoms with Gasteiger partial charge in [0.1, 0.15) is 9.36 Å². The van der Waals surface area contributed by atoms with E-state index >= 15 is 0 Å². The van der Waals surface area contributed by atoms with Gasteiger partial charge in [0.05, 0.1) is 10.6 Å². The van der Waals surface area contributed by atoms with Gasteiger partial charge in [-0.3, -0.25) is 14.3 Å². The summed E-state index contributed by atoms with van der Waals surface area (Å²) in [5.74, 6) is -0.750. The Labute approximate surface area is 171 Å². The van der Waals surface area contributed by atoms with Crippen molar-refractivity contribution >= 4 is 50.7 Å². The Balaban J connectivity index is 1.78. The number of hydrogen-bond acceptors (Lipinski definition) is 6. The van der Waals surface area contributed by atoms with E-state index in [1.165, 1.54) is 32.9 Å². The Morgan fingerprint density at radius 1 is 1.25 bits per heavy atom. The lowest BCUT2D eigenvalue weighted by molar-refractivity contribution is -0.134. The van der Waals surface area contributed by atoms with Crippen LogP contribution < -0.4 is 0 Å². The predicted molar refractivity (Wildman–Crippen MR) is 107 cm³/mol. The molecule has 0 aromatic carbocycles. The normalized spacial score (nSPS) is 15.0. The SMILES string of the molecule is Cc1nn(C)c(Cl)c1/C=C/C(=O)N1CCCN1C(=O)c1ccc(S(C)(=O)=O)s1. The summed E-state index contributed by atoms with van der Waals surface area (Å²) < 4.78 is 24.9. The molecular weight excluding hydrogens is 424 g/mol. The van der Waals surface area contributed by atoms with E-state index in [0.29, 0.717) is 35.9 Å². The van der Waals surface area contributed by atoms with E-state index in [1.54, 1.807) is 20.0 Å². The zero-order valence-corrected chi connectivity index (χ0v) is 17.9. The first kappa shape index (κ1) is 20.6. The molecule has 3 heterocycles. The van der Waals surface area contributed by atoms with Crippen molar-refractivity contribution < 1.29 is 18.0 Å². The molecule has 150 valence electrons. The van der Waals surface area contributed by atoms with Crippen LogP contribution in [0.5, 0.6) is 0 Å². The van der Waals surface area contributed by atoms with Gasteiger partial charge in [0.25, 0.3) is 11.8 Å². The highest BCUT2D eigenvalue weighted by molar-refractivity contribution is 7.92. The maximum absolute atomic E-state index is 12.8. The van der Waals surface area contributed by atoms with Gasteiger partial charge < -0.3 is 0 Å². The van der Waals surface area contributed by atoms with Crippen LogP contribution in [0, 0.1) is 6.92 Å². The Bertz CT molecular complexity index is 1070. The third-order valence-electron chi connectivity index (χ3n) is 4.27. The highest BCUT2D eigenvalue weighted by atomic mass is 35.5. The van der Waals surface area contributed by atoms with Crippen molar-refractivity contribution in [1.29, 1.82) is 0 Å². The molecule has 0 atom stereocenters. The van der Waals surface area contributed by atoms with E-state index in [1.807, 2.05) is 0 Å². The number of carbonyl (C=O) groups is 2. The molecule has 1 saturated heterocycles. The second-order valence-electron chi connectivity index (χ2n) is 6.38. The average molecular weight is 443 g/mol. The maximum Gasteiger partial charge on any atom is 0.282 e. The molecule has 1 aliphatic rings. The number of sulfone groups is 1. The summed E-state index contributed by atoms with van der Waals surface area (Å²) >= 11 is 7.07. The largest absolute Gasteiger partial charge is 0.282 e. The molecule has 2 aromatic heterocycles. The summed E-state index contributed by atoms with van der Waals surface area (Å²) in [6, 6.07) is 2.88. The number of rotatable bonds is 4. The molecule has 1 fully saturated rings. The van der Waals surface area contributed by atoms with Crippen molar-refractivity contribution in [2.45, 2.75) is 17.6 Å². The summed E-state index contributed by atoms with van der Waals surface area (Å²) in [6.07, 6.45) is 4.68. The summed E-state index contributed by atoms with van der Waals surface area (Å²) in [5.41, 5.74) is 1.34. The van der Waals surface area contributed by atoms with E-state index in [2.05, 4.69) is 5.10 Å². The number of nitrogens with zero attached hydrogens (tertiary/aromatic N) is 4. The molecule has 3 rings (SSSR count). The first-order valence-electron chi connectivity index (χ1n) is 8.40. The van der Waals surface area contributed by atoms with Crippen molar-refractivity contribution in [1.82, 2.24) is 19.8 Å². The van der Waals surface area contributed by atoms with Crippen LogP contribution in [0.4, 0.5) is 0 Å². The van der Waals surface area contributed by atoms with Gasteiger partial charge in [0.15, 0.2) is 9.84 Å². The predicted octanol–water partition coefficient (Wildman–Crippen LogP) is 2.15. The van der Waals surface area contributed by atoms with Crippen LogP contribution in [-0.2, 0) is 21.7 Å². The topological polar surface area (TPSA) is 92.6 Å². The van der Waals surface area contributed by atoms with E-state index in [9.17, 15) is 18.0 Å². The number of halogens is 1. The fraction of sp³-hybridized carbons (Fsp3) is 0.353. The fourth-order valence-corrected chi connectivity index (χ4v) is 5.00. The summed E-state index contributed by atoms with van der Waals surface area (Å²) in [7, 11) is -1.67. The molecule has 0 bridgehead atoms. The number of aromatic nitrogens is 2. The minimum atomic E-state index is -3.38. The zero-order valence-electron chi connectivity index (χ0n) is 15.5. The molecule has 0 spiro atoms. The standard InChI is InChI=1S/C17H19ClN4O4S2/c1-11-12(16(18)20(2)19-11)5-7-14(23)21-9-4-10-22(21)17(24)13-6-8-15(27-13)28(3,25)26/h5-8H,4,9-10H2,1-3H3/b7-5+. The lowest BCUT2D eigenvalue weighted by atomic mass is 10.2. The summed E-state index contributed by atoms with van der Waals surface area (Å²) in [6.45, 7) is 2.58. The van der Waals surface area contributed by atoms with Crippen molar-refractivity contribution in [2.75, 3.05) is 19.3 Å². The number of aryl methyl sites for hydroxylation is 2. The smallest absolute Gasteiger partial charge is 0.268 e. The van der Waals surface area contributed by atoms with Crippen LogP contribution >= 0.6 is 22.9 Å². The molecule has 0 saturated carbocycles. The van der Waals surface area contributed by atoms with Gasteiger partial charge in [-0.25, -0.2) is 18.4 Å². The van der Waals surface area contributed by atoms with Crippen LogP contribution in [0.2, 0.25) is 5.15 Å². The van der Waals surface area contributed by atoms with Crippen LogP contribution in [0.25, 0.3) is 6.08 Å². The lowest BCUT2D eigenvalue weighted by Crippen LogP contribution is -2.43. The number of hydrogen-bond donors (Lipinski definition) is 0. The molecule has 1 aliphatic heterocycles. The van der Waals surface area contributed by atoms with Crippen molar-refractivity contribution in [3.8, 4) is 0 Å². The average Bonchev–Trinajstić information content (AvgIpc) is 3.33. The lowest BCUT2D eigenvalue weighted by Gasteiger charge is -2.26. The number of hydrazine groups is 1. The van der Waals surface area contributed by atoms with Crippen molar-refractivity contribution in [3.05, 3.63) is 39.5 Å². The second kappa shape index (κ2) is 7.69. The molecule has 0 unspecified atom stereocenters. The first-order chi connectivity index (χ1) is 13.1. The van der Waals surface area contributed by atoms with Crippen LogP contribution in [0.3, 0.4) is 0 Å². The van der Waals surface area contributed by atoms with Crippen molar-refractivity contribution in [2.24, 2.45) is 7.05 Å². The highest BCUT2D eigenvalue weighted by Crippen LogP contribution is 2.25. The Morgan fingerprint density at radius 2 is 1.93 bits per heavy atom. The van der Waals surface area contributed by atoms with Gasteiger partial charge in [-0.1, -0.05) is 11.6 Å². The van der Waals surface area contributed by atoms with Crippen LogP contribution in [0.1, 0.15) is 27.3 Å². The highest BCUT2D eigenvalue weighted by Gasteiger charge is 2.31. The number of thiophene rings is 1. The molecule has 2 aromatic rings. The van der Waals surface area contributed by atoms with E-state index in [-0.39, 0.29) is 15.0 Å². The van der Waals surface area contributed by atoms with Crippen molar-refractivity contribution in [3.63, 3.8) is 0 Å². The Morgan fingerprint density at radius 3 is 2.50 bits per heavy atom. The maximum atomic E-state index is 12.8. The van der Waals surface area contributed by atoms with Gasteiger partial charge in [-0.15, -0.1) is 11.3 Å². The van der Waals surface area contributed by atoms with Crippen LogP contribution in [0.15, 0.2) is 22.4 Å². The first-order valence-corrected chi connectivity index (χ1v) is 11.5. The Hall–Kier alpha value is -2.17. The van der Waals surface area contributed by atoms with E-state index in [4.69, 9.17) is 11.6 Å². The fourth-order valence-electron chi connectivity index (χ4n) is 2.89. The second-order valence-corrected chi connectivity index (χ2v) is 10.1. The zero-order chi connectivity index (χ0) is 20.6. The van der Waals surface area contributed by atoms with E-state index in [0.717, 1.165) is 17.6 Å². The minimum absolute atomic E-state index is 0.120. The van der Waals surface area contributed by atoms with E-state index < -0.39 is 15.7 Å². The third-order valence-corrected chi connectivity index (χ3v) is 7.61. The third kappa shape index (κ3) is 3.98. The quantitative estimate of drug-likeness (QED) is 0.676. The van der Waals surface area contributed by atoms with Gasteiger partial charge in [0, 0.05) is 38.0 Å². The van der Waals surface area contributed by atoms with Gasteiger partial charge in [0.2, 0.25) is 0 Å². The molecule has 0 aliphatic carbocycles. The van der Waals surface area contributed by atoms with Crippen LogP contribution in [-0.4, -0.2) is 59.4 Å². The molecule has 28 heavy (non-hydrogen) atoms. The monoisotopic (exact) mass is 442 g/mol. The number of carbonyl (C=O) groups excluding carboxylic acids is 2. The van der Waals surface area contributed by atoms with Gasteiger partial charge >= 0.3 is 0 Å². The number of amides is 2. The molecule has 0 radical (unpaired) electrons. The molecule has 11 heteroatoms. The van der Waals surface area contributed by atoms with Gasteiger partial charge in [-0.05, 0) is 31.6 Å². The van der Waals surface area contributed by atoms with Gasteiger partial charge in [-0.2, -0.15) is 5.10 Å². The summed E-state index contributed by atoms with van der Waals surface area (Å²) in [5, 5.41) is 7.32. The molecular formula is C17H19ClN4O4S2. The summed E-state index contributed by atoms with van der Waals surface area (Å²) in [4.78, 5) is 25.7. The Kier molecular flexibility index (Phi) is 5.64. The molecule has 0 N–H and O–H groups in total.